The monoisotopic (exact) mass is 349 g/mol. The highest BCUT2D eigenvalue weighted by Gasteiger charge is 2.43. The van der Waals surface area contributed by atoms with Gasteiger partial charge in [-0.15, -0.1) is 0 Å². The van der Waals surface area contributed by atoms with Crippen LogP contribution in [-0.4, -0.2) is 51.1 Å². The number of nitrogens with zero attached hydrogens (tertiary/aromatic N) is 1. The first-order valence-electron chi connectivity index (χ1n) is 8.94. The summed E-state index contributed by atoms with van der Waals surface area (Å²) in [5.41, 5.74) is 0.612. The minimum absolute atomic E-state index is 0.102. The fourth-order valence-corrected chi connectivity index (χ4v) is 3.77. The van der Waals surface area contributed by atoms with Crippen LogP contribution >= 0.6 is 0 Å². The van der Waals surface area contributed by atoms with Crippen LogP contribution < -0.4 is 9.47 Å². The molecule has 0 amide bonds. The second-order valence-electron chi connectivity index (χ2n) is 6.71. The number of carbonyl (C=O) groups is 1. The predicted molar refractivity (Wildman–Crippen MR) is 92.6 cm³/mol. The molecule has 1 fully saturated rings. The molecule has 6 nitrogen and oxygen atoms in total. The molecule has 2 heterocycles. The molecule has 0 N–H and O–H groups in total. The van der Waals surface area contributed by atoms with Gasteiger partial charge in [-0.2, -0.15) is 0 Å². The first-order valence-corrected chi connectivity index (χ1v) is 8.94. The average Bonchev–Trinajstić information content (AvgIpc) is 3.10. The first-order chi connectivity index (χ1) is 12.2. The van der Waals surface area contributed by atoms with Gasteiger partial charge in [0.05, 0.1) is 12.0 Å². The normalized spacial score (nSPS) is 22.8. The number of fused-ring (bicyclic) bond motifs is 1. The highest BCUT2D eigenvalue weighted by atomic mass is 16.7. The maximum absolute atomic E-state index is 12.7. The van der Waals surface area contributed by atoms with Gasteiger partial charge in [0, 0.05) is 32.4 Å². The fourth-order valence-electron chi connectivity index (χ4n) is 3.77. The zero-order valence-electron chi connectivity index (χ0n) is 15.1. The van der Waals surface area contributed by atoms with Gasteiger partial charge in [0.1, 0.15) is 0 Å². The third-order valence-corrected chi connectivity index (χ3v) is 5.02. The number of likely N-dealkylation sites (tertiary alicyclic amines) is 1. The van der Waals surface area contributed by atoms with Crippen LogP contribution in [0.25, 0.3) is 0 Å². The second-order valence-corrected chi connectivity index (χ2v) is 6.71. The van der Waals surface area contributed by atoms with Gasteiger partial charge in [-0.05, 0) is 38.8 Å². The van der Waals surface area contributed by atoms with Crippen molar-refractivity contribution in [3.63, 3.8) is 0 Å². The van der Waals surface area contributed by atoms with Crippen molar-refractivity contribution in [3.05, 3.63) is 23.8 Å². The number of piperidine rings is 1. The SMILES string of the molecule is CCOC(=O)[C@]1(CCOC)CCCN(Cc2cccc3c2OCO3)C1. The summed E-state index contributed by atoms with van der Waals surface area (Å²) < 4.78 is 21.7. The Morgan fingerprint density at radius 1 is 1.36 bits per heavy atom. The maximum Gasteiger partial charge on any atom is 0.313 e. The molecule has 0 unspecified atom stereocenters. The smallest absolute Gasteiger partial charge is 0.313 e. The van der Waals surface area contributed by atoms with Gasteiger partial charge in [-0.3, -0.25) is 9.69 Å². The molecular formula is C19H27NO5. The standard InChI is InChI=1S/C19H27NO5/c1-3-23-18(21)19(9-11-22-2)8-5-10-20(13-19)12-15-6-4-7-16-17(15)25-14-24-16/h4,6-7H,3,5,8-14H2,1-2H3/t19-/m0/s1. The van der Waals surface area contributed by atoms with Crippen molar-refractivity contribution < 1.29 is 23.7 Å². The summed E-state index contributed by atoms with van der Waals surface area (Å²) in [5, 5.41) is 0. The van der Waals surface area contributed by atoms with Crippen molar-refractivity contribution in [2.24, 2.45) is 5.41 Å². The highest BCUT2D eigenvalue weighted by Crippen LogP contribution is 2.39. The molecule has 25 heavy (non-hydrogen) atoms. The zero-order chi connectivity index (χ0) is 17.7. The number of hydrogen-bond acceptors (Lipinski definition) is 6. The van der Waals surface area contributed by atoms with Crippen molar-refractivity contribution in [2.45, 2.75) is 32.7 Å². The van der Waals surface area contributed by atoms with Crippen LogP contribution in [0.3, 0.4) is 0 Å². The Hall–Kier alpha value is -1.79. The number of esters is 1. The van der Waals surface area contributed by atoms with Crippen LogP contribution in [0.5, 0.6) is 11.5 Å². The summed E-state index contributed by atoms with van der Waals surface area (Å²) in [4.78, 5) is 15.0. The lowest BCUT2D eigenvalue weighted by molar-refractivity contribution is -0.160. The number of rotatable bonds is 7. The van der Waals surface area contributed by atoms with Crippen LogP contribution in [0.4, 0.5) is 0 Å². The zero-order valence-corrected chi connectivity index (χ0v) is 15.1. The molecule has 1 aromatic rings. The number of benzene rings is 1. The van der Waals surface area contributed by atoms with Crippen molar-refractivity contribution in [3.8, 4) is 11.5 Å². The molecule has 6 heteroatoms. The van der Waals surface area contributed by atoms with Gasteiger partial charge in [-0.1, -0.05) is 12.1 Å². The van der Waals surface area contributed by atoms with E-state index in [9.17, 15) is 4.79 Å². The molecule has 2 aliphatic heterocycles. The quantitative estimate of drug-likeness (QED) is 0.705. The van der Waals surface area contributed by atoms with Crippen LogP contribution in [0, 0.1) is 5.41 Å². The Morgan fingerprint density at radius 3 is 3.04 bits per heavy atom. The Balaban J connectivity index is 1.74. The molecule has 1 saturated heterocycles. The van der Waals surface area contributed by atoms with Gasteiger partial charge in [0.15, 0.2) is 11.5 Å². The van der Waals surface area contributed by atoms with Gasteiger partial charge in [0.25, 0.3) is 0 Å². The lowest BCUT2D eigenvalue weighted by Crippen LogP contribution is -2.48. The van der Waals surface area contributed by atoms with Crippen molar-refractivity contribution in [1.82, 2.24) is 4.90 Å². The Morgan fingerprint density at radius 2 is 2.24 bits per heavy atom. The van der Waals surface area contributed by atoms with Crippen molar-refractivity contribution in [2.75, 3.05) is 40.2 Å². The maximum atomic E-state index is 12.7. The van der Waals surface area contributed by atoms with Gasteiger partial charge in [0.2, 0.25) is 6.79 Å². The summed E-state index contributed by atoms with van der Waals surface area (Å²) in [7, 11) is 1.67. The van der Waals surface area contributed by atoms with E-state index in [1.807, 2.05) is 19.1 Å². The summed E-state index contributed by atoms with van der Waals surface area (Å²) >= 11 is 0. The van der Waals surface area contributed by atoms with E-state index < -0.39 is 5.41 Å². The van der Waals surface area contributed by atoms with Gasteiger partial charge in [-0.25, -0.2) is 0 Å². The fraction of sp³-hybridized carbons (Fsp3) is 0.632. The number of para-hydroxylation sites is 1. The molecule has 0 aromatic heterocycles. The Labute approximate surface area is 149 Å². The molecule has 3 rings (SSSR count). The van der Waals surface area contributed by atoms with Crippen LogP contribution in [0.1, 0.15) is 31.7 Å². The highest BCUT2D eigenvalue weighted by molar-refractivity contribution is 5.77. The summed E-state index contributed by atoms with van der Waals surface area (Å²) in [6.45, 7) is 5.47. The van der Waals surface area contributed by atoms with E-state index in [0.29, 0.717) is 26.2 Å². The molecule has 0 bridgehead atoms. The molecule has 0 spiro atoms. The molecular weight excluding hydrogens is 322 g/mol. The van der Waals surface area contributed by atoms with Crippen LogP contribution in [-0.2, 0) is 20.8 Å². The lowest BCUT2D eigenvalue weighted by Gasteiger charge is -2.41. The summed E-state index contributed by atoms with van der Waals surface area (Å²) in [6, 6.07) is 5.96. The number of methoxy groups -OCH3 is 1. The van der Waals surface area contributed by atoms with E-state index in [4.69, 9.17) is 18.9 Å². The van der Waals surface area contributed by atoms with E-state index >= 15 is 0 Å². The Kier molecular flexibility index (Phi) is 5.81. The molecule has 1 atom stereocenters. The molecule has 0 aliphatic carbocycles. The van der Waals surface area contributed by atoms with E-state index in [2.05, 4.69) is 11.0 Å². The topological polar surface area (TPSA) is 57.2 Å². The summed E-state index contributed by atoms with van der Waals surface area (Å²) in [6.07, 6.45) is 2.50. The molecule has 138 valence electrons. The number of hydrogen-bond donors (Lipinski definition) is 0. The van der Waals surface area contributed by atoms with Crippen molar-refractivity contribution >= 4 is 5.97 Å². The van der Waals surface area contributed by atoms with Crippen molar-refractivity contribution in [1.29, 1.82) is 0 Å². The summed E-state index contributed by atoms with van der Waals surface area (Å²) in [5.74, 6) is 1.52. The van der Waals surface area contributed by atoms with Gasteiger partial charge >= 0.3 is 5.97 Å². The second kappa shape index (κ2) is 8.06. The average molecular weight is 349 g/mol. The third kappa shape index (κ3) is 3.90. The minimum atomic E-state index is -0.487. The Bertz CT molecular complexity index is 605. The predicted octanol–water partition coefficient (Wildman–Crippen LogP) is 2.60. The minimum Gasteiger partial charge on any atom is -0.466 e. The van der Waals surface area contributed by atoms with Crippen LogP contribution in [0.2, 0.25) is 0 Å². The van der Waals surface area contributed by atoms with E-state index in [1.165, 1.54) is 0 Å². The lowest BCUT2D eigenvalue weighted by atomic mass is 9.77. The molecule has 0 radical (unpaired) electrons. The van der Waals surface area contributed by atoms with E-state index in [0.717, 1.165) is 43.0 Å². The van der Waals surface area contributed by atoms with E-state index in [-0.39, 0.29) is 12.8 Å². The molecule has 0 saturated carbocycles. The molecule has 2 aliphatic rings. The first kappa shape index (κ1) is 18.0. The van der Waals surface area contributed by atoms with E-state index in [1.54, 1.807) is 7.11 Å². The number of carbonyl (C=O) groups excluding carboxylic acids is 1. The van der Waals surface area contributed by atoms with Gasteiger partial charge < -0.3 is 18.9 Å². The molecule has 1 aromatic carbocycles. The van der Waals surface area contributed by atoms with Crippen LogP contribution in [0.15, 0.2) is 18.2 Å². The number of ether oxygens (including phenoxy) is 4. The largest absolute Gasteiger partial charge is 0.466 e. The third-order valence-electron chi connectivity index (χ3n) is 5.02.